The van der Waals surface area contributed by atoms with Crippen molar-refractivity contribution >= 4 is 29.1 Å². The van der Waals surface area contributed by atoms with E-state index >= 15 is 0 Å². The fourth-order valence-electron chi connectivity index (χ4n) is 1.78. The number of nitrogens with zero attached hydrogens (tertiary/aromatic N) is 1. The number of nitrogens with one attached hydrogen (secondary N) is 1. The fourth-order valence-corrected chi connectivity index (χ4v) is 2.03. The highest BCUT2D eigenvalue weighted by Gasteiger charge is 2.11. The third-order valence-corrected chi connectivity index (χ3v) is 3.46. The molecule has 7 heteroatoms. The van der Waals surface area contributed by atoms with E-state index in [0.29, 0.717) is 11.4 Å². The monoisotopic (exact) mass is 350 g/mol. The van der Waals surface area contributed by atoms with Crippen LogP contribution in [0.4, 0.5) is 10.1 Å². The van der Waals surface area contributed by atoms with Gasteiger partial charge in [-0.25, -0.2) is 4.39 Å². The molecule has 24 heavy (non-hydrogen) atoms. The number of ether oxygens (including phenoxy) is 1. The molecule has 1 N–H and O–H groups in total. The van der Waals surface area contributed by atoms with Gasteiger partial charge in [0, 0.05) is 19.8 Å². The van der Waals surface area contributed by atoms with Crippen LogP contribution in [0.1, 0.15) is 10.4 Å². The van der Waals surface area contributed by atoms with Gasteiger partial charge in [0.05, 0.1) is 10.6 Å². The van der Waals surface area contributed by atoms with Crippen LogP contribution in [-0.4, -0.2) is 37.4 Å². The first-order valence-electron chi connectivity index (χ1n) is 7.06. The van der Waals surface area contributed by atoms with Crippen LogP contribution >= 0.6 is 11.6 Å². The van der Waals surface area contributed by atoms with Gasteiger partial charge in [0.25, 0.3) is 11.8 Å². The largest absolute Gasteiger partial charge is 0.484 e. The second-order valence-corrected chi connectivity index (χ2v) is 5.59. The number of hydrogen-bond acceptors (Lipinski definition) is 3. The summed E-state index contributed by atoms with van der Waals surface area (Å²) in [6.07, 6.45) is 0. The zero-order valence-electron chi connectivity index (χ0n) is 13.2. The average molecular weight is 351 g/mol. The van der Waals surface area contributed by atoms with Gasteiger partial charge in [0.1, 0.15) is 11.6 Å². The highest BCUT2D eigenvalue weighted by molar-refractivity contribution is 6.34. The first-order valence-corrected chi connectivity index (χ1v) is 7.44. The quantitative estimate of drug-likeness (QED) is 0.900. The minimum atomic E-state index is -0.509. The summed E-state index contributed by atoms with van der Waals surface area (Å²) in [5.74, 6) is -0.608. The molecule has 2 amide bonds. The summed E-state index contributed by atoms with van der Waals surface area (Å²) in [5.41, 5.74) is 0.696. The van der Waals surface area contributed by atoms with E-state index in [1.54, 1.807) is 38.4 Å². The predicted octanol–water partition coefficient (Wildman–Crippen LogP) is 3.20. The van der Waals surface area contributed by atoms with Crippen LogP contribution in [0, 0.1) is 5.82 Å². The lowest BCUT2D eigenvalue weighted by Gasteiger charge is -2.12. The minimum absolute atomic E-state index is 0.0367. The Balaban J connectivity index is 1.98. The molecule has 2 aromatic rings. The Morgan fingerprint density at radius 1 is 1.17 bits per heavy atom. The second-order valence-electron chi connectivity index (χ2n) is 5.18. The van der Waals surface area contributed by atoms with Crippen molar-refractivity contribution in [2.45, 2.75) is 0 Å². The van der Waals surface area contributed by atoms with Gasteiger partial charge in [-0.2, -0.15) is 0 Å². The van der Waals surface area contributed by atoms with Gasteiger partial charge in [-0.15, -0.1) is 0 Å². The summed E-state index contributed by atoms with van der Waals surface area (Å²) >= 11 is 5.86. The molecule has 0 radical (unpaired) electrons. The molecule has 0 aromatic heterocycles. The number of carbonyl (C=O) groups excluding carboxylic acids is 2. The lowest BCUT2D eigenvalue weighted by atomic mass is 10.2. The Morgan fingerprint density at radius 2 is 1.83 bits per heavy atom. The molecule has 0 spiro atoms. The summed E-state index contributed by atoms with van der Waals surface area (Å²) < 4.78 is 18.3. The topological polar surface area (TPSA) is 58.6 Å². The van der Waals surface area contributed by atoms with Crippen LogP contribution in [0.2, 0.25) is 5.02 Å². The molecular formula is C17H16ClFN2O3. The second kappa shape index (κ2) is 7.79. The van der Waals surface area contributed by atoms with Crippen molar-refractivity contribution in [3.8, 4) is 5.75 Å². The van der Waals surface area contributed by atoms with Gasteiger partial charge < -0.3 is 15.0 Å². The average Bonchev–Trinajstić information content (AvgIpc) is 2.53. The summed E-state index contributed by atoms with van der Waals surface area (Å²) in [4.78, 5) is 25.0. The van der Waals surface area contributed by atoms with E-state index in [0.717, 1.165) is 6.07 Å². The van der Waals surface area contributed by atoms with Crippen LogP contribution in [-0.2, 0) is 4.79 Å². The Labute approximate surface area is 144 Å². The molecule has 2 aromatic carbocycles. The van der Waals surface area contributed by atoms with E-state index in [1.165, 1.54) is 17.0 Å². The van der Waals surface area contributed by atoms with Gasteiger partial charge in [-0.1, -0.05) is 11.6 Å². The van der Waals surface area contributed by atoms with E-state index in [4.69, 9.17) is 16.3 Å². The number of anilines is 1. The number of likely N-dealkylation sites (N-methyl/N-ethyl adjacent to an activating group) is 1. The molecule has 126 valence electrons. The number of rotatable bonds is 5. The molecule has 0 saturated heterocycles. The summed E-state index contributed by atoms with van der Waals surface area (Å²) in [5, 5.41) is 2.69. The van der Waals surface area contributed by atoms with Crippen LogP contribution in [0.5, 0.6) is 5.75 Å². The third-order valence-electron chi connectivity index (χ3n) is 3.15. The highest BCUT2D eigenvalue weighted by atomic mass is 35.5. The predicted molar refractivity (Wildman–Crippen MR) is 90.0 cm³/mol. The Bertz CT molecular complexity index is 748. The molecule has 0 aliphatic carbocycles. The first kappa shape index (κ1) is 17.7. The number of amides is 2. The number of halogens is 2. The van der Waals surface area contributed by atoms with E-state index < -0.39 is 11.7 Å². The smallest absolute Gasteiger partial charge is 0.259 e. The van der Waals surface area contributed by atoms with Crippen LogP contribution in [0.3, 0.4) is 0 Å². The summed E-state index contributed by atoms with van der Waals surface area (Å²) in [6.45, 7) is -0.0656. The van der Waals surface area contributed by atoms with Crippen molar-refractivity contribution in [2.75, 3.05) is 26.0 Å². The van der Waals surface area contributed by atoms with Crippen molar-refractivity contribution in [1.82, 2.24) is 4.90 Å². The Hall–Kier alpha value is -2.60. The standard InChI is InChI=1S/C17H16ClFN2O3/c1-21(2)16(22)10-24-13-6-4-12(5-7-13)20-17(23)14-8-3-11(19)9-15(14)18/h3-9H,10H2,1-2H3,(H,20,23). The van der Waals surface area contributed by atoms with Gasteiger partial charge in [0.2, 0.25) is 0 Å². The minimum Gasteiger partial charge on any atom is -0.484 e. The van der Waals surface area contributed by atoms with Crippen molar-refractivity contribution in [1.29, 1.82) is 0 Å². The molecule has 0 heterocycles. The molecular weight excluding hydrogens is 335 g/mol. The molecule has 0 aliphatic heterocycles. The zero-order chi connectivity index (χ0) is 17.7. The van der Waals surface area contributed by atoms with Gasteiger partial charge in [0.15, 0.2) is 6.61 Å². The van der Waals surface area contributed by atoms with Crippen molar-refractivity contribution in [2.24, 2.45) is 0 Å². The molecule has 0 saturated carbocycles. The van der Waals surface area contributed by atoms with Gasteiger partial charge >= 0.3 is 0 Å². The summed E-state index contributed by atoms with van der Waals surface area (Å²) in [7, 11) is 3.29. The normalized spacial score (nSPS) is 10.2. The maximum absolute atomic E-state index is 13.0. The third kappa shape index (κ3) is 4.70. The Morgan fingerprint density at radius 3 is 2.42 bits per heavy atom. The number of carbonyl (C=O) groups is 2. The van der Waals surface area contributed by atoms with Gasteiger partial charge in [-0.3, -0.25) is 9.59 Å². The van der Waals surface area contributed by atoms with Crippen LogP contribution in [0.15, 0.2) is 42.5 Å². The maximum atomic E-state index is 13.0. The lowest BCUT2D eigenvalue weighted by Crippen LogP contribution is -2.27. The number of benzene rings is 2. The maximum Gasteiger partial charge on any atom is 0.259 e. The van der Waals surface area contributed by atoms with E-state index in [2.05, 4.69) is 5.32 Å². The SMILES string of the molecule is CN(C)C(=O)COc1ccc(NC(=O)c2ccc(F)cc2Cl)cc1. The summed E-state index contributed by atoms with van der Waals surface area (Å²) in [6, 6.07) is 10.1. The highest BCUT2D eigenvalue weighted by Crippen LogP contribution is 2.20. The van der Waals surface area contributed by atoms with E-state index in [9.17, 15) is 14.0 Å². The molecule has 0 atom stereocenters. The molecule has 2 rings (SSSR count). The van der Waals surface area contributed by atoms with E-state index in [1.807, 2.05) is 0 Å². The molecule has 0 fully saturated rings. The number of hydrogen-bond donors (Lipinski definition) is 1. The molecule has 0 bridgehead atoms. The van der Waals surface area contributed by atoms with Crippen molar-refractivity contribution in [3.63, 3.8) is 0 Å². The first-order chi connectivity index (χ1) is 11.4. The zero-order valence-corrected chi connectivity index (χ0v) is 13.9. The lowest BCUT2D eigenvalue weighted by molar-refractivity contribution is -0.130. The van der Waals surface area contributed by atoms with Crippen molar-refractivity contribution in [3.05, 3.63) is 58.9 Å². The Kier molecular flexibility index (Phi) is 5.76. The van der Waals surface area contributed by atoms with Crippen LogP contribution < -0.4 is 10.1 Å². The van der Waals surface area contributed by atoms with Crippen molar-refractivity contribution < 1.29 is 18.7 Å². The fraction of sp³-hybridized carbons (Fsp3) is 0.176. The van der Waals surface area contributed by atoms with E-state index in [-0.39, 0.29) is 23.1 Å². The molecule has 5 nitrogen and oxygen atoms in total. The van der Waals surface area contributed by atoms with Crippen LogP contribution in [0.25, 0.3) is 0 Å². The van der Waals surface area contributed by atoms with Gasteiger partial charge in [-0.05, 0) is 42.5 Å². The molecule has 0 aliphatic rings. The molecule has 0 unspecified atom stereocenters.